The van der Waals surface area contributed by atoms with Crippen molar-refractivity contribution in [2.75, 3.05) is 26.2 Å². The first-order valence-electron chi connectivity index (χ1n) is 9.28. The van der Waals surface area contributed by atoms with Crippen LogP contribution in [0.3, 0.4) is 0 Å². The number of ether oxygens (including phenoxy) is 1. The Hall–Kier alpha value is -1.73. The van der Waals surface area contributed by atoms with Crippen molar-refractivity contribution in [3.63, 3.8) is 0 Å². The lowest BCUT2D eigenvalue weighted by Gasteiger charge is -2.56. The molecule has 2 atom stereocenters. The standard InChI is InChI=1S/C20H25N3O3.ClH/c21-7-10-26-18-12-17(24)20(18)5-8-23(9-6-20)19(25)15-11-14-3-1-2-4-16(14)22-13-15;/h1-4,11,13,17-18,24H,5-10,12,21H2;1H/t17-,18+;/m1./s1. The monoisotopic (exact) mass is 391 g/mol. The molecule has 6 nitrogen and oxygen atoms in total. The molecule has 4 rings (SSSR count). The number of carbonyl (C=O) groups is 1. The summed E-state index contributed by atoms with van der Waals surface area (Å²) >= 11 is 0. The number of piperidine rings is 1. The molecule has 2 aromatic rings. The highest BCUT2D eigenvalue weighted by molar-refractivity contribution is 5.97. The van der Waals surface area contributed by atoms with Crippen molar-refractivity contribution in [3.8, 4) is 0 Å². The Bertz CT molecular complexity index is 808. The summed E-state index contributed by atoms with van der Waals surface area (Å²) in [6, 6.07) is 9.69. The van der Waals surface area contributed by atoms with Crippen molar-refractivity contribution in [1.82, 2.24) is 9.88 Å². The van der Waals surface area contributed by atoms with E-state index in [0.717, 1.165) is 23.7 Å². The molecular weight excluding hydrogens is 366 g/mol. The molecule has 7 heteroatoms. The van der Waals surface area contributed by atoms with Crippen LogP contribution in [0.5, 0.6) is 0 Å². The number of hydrogen-bond donors (Lipinski definition) is 2. The quantitative estimate of drug-likeness (QED) is 0.832. The van der Waals surface area contributed by atoms with Crippen molar-refractivity contribution in [2.45, 2.75) is 31.5 Å². The van der Waals surface area contributed by atoms with Gasteiger partial charge in [-0.05, 0) is 25.0 Å². The number of rotatable bonds is 4. The molecule has 1 spiro atoms. The van der Waals surface area contributed by atoms with Gasteiger partial charge in [-0.2, -0.15) is 0 Å². The van der Waals surface area contributed by atoms with Gasteiger partial charge in [-0.25, -0.2) is 0 Å². The molecule has 2 fully saturated rings. The number of aliphatic hydroxyl groups is 1. The van der Waals surface area contributed by atoms with Crippen LogP contribution in [0.2, 0.25) is 0 Å². The lowest BCUT2D eigenvalue weighted by molar-refractivity contribution is -0.207. The molecule has 1 saturated carbocycles. The number of benzene rings is 1. The number of aliphatic hydroxyl groups excluding tert-OH is 1. The fourth-order valence-electron chi connectivity index (χ4n) is 4.32. The third-order valence-corrected chi connectivity index (χ3v) is 6.00. The lowest BCUT2D eigenvalue weighted by atomic mass is 9.58. The van der Waals surface area contributed by atoms with Crippen LogP contribution in [-0.4, -0.2) is 59.3 Å². The Morgan fingerprint density at radius 3 is 2.78 bits per heavy atom. The van der Waals surface area contributed by atoms with Gasteiger partial charge in [0.2, 0.25) is 0 Å². The van der Waals surface area contributed by atoms with Crippen LogP contribution in [0.25, 0.3) is 10.9 Å². The minimum Gasteiger partial charge on any atom is -0.392 e. The van der Waals surface area contributed by atoms with Gasteiger partial charge < -0.3 is 20.5 Å². The first-order valence-corrected chi connectivity index (χ1v) is 9.28. The zero-order valence-corrected chi connectivity index (χ0v) is 16.0. The molecule has 1 aromatic carbocycles. The summed E-state index contributed by atoms with van der Waals surface area (Å²) in [5.41, 5.74) is 6.82. The second-order valence-electron chi connectivity index (χ2n) is 7.34. The van der Waals surface area contributed by atoms with Gasteiger partial charge in [0.05, 0.1) is 29.9 Å². The van der Waals surface area contributed by atoms with E-state index in [2.05, 4.69) is 4.98 Å². The largest absolute Gasteiger partial charge is 0.392 e. The molecule has 0 unspecified atom stereocenters. The molecule has 27 heavy (non-hydrogen) atoms. The Labute approximate surface area is 165 Å². The molecule has 1 saturated heterocycles. The van der Waals surface area contributed by atoms with E-state index in [1.54, 1.807) is 6.20 Å². The van der Waals surface area contributed by atoms with Crippen molar-refractivity contribution in [1.29, 1.82) is 0 Å². The fraction of sp³-hybridized carbons (Fsp3) is 0.500. The Balaban J connectivity index is 0.00000210. The maximum Gasteiger partial charge on any atom is 0.255 e. The van der Waals surface area contributed by atoms with Gasteiger partial charge in [0.1, 0.15) is 0 Å². The smallest absolute Gasteiger partial charge is 0.255 e. The maximum atomic E-state index is 12.9. The van der Waals surface area contributed by atoms with E-state index >= 15 is 0 Å². The van der Waals surface area contributed by atoms with Gasteiger partial charge in [0, 0.05) is 43.1 Å². The Morgan fingerprint density at radius 2 is 2.07 bits per heavy atom. The van der Waals surface area contributed by atoms with E-state index in [0.29, 0.717) is 38.2 Å². The van der Waals surface area contributed by atoms with E-state index < -0.39 is 0 Å². The van der Waals surface area contributed by atoms with Gasteiger partial charge in [0.15, 0.2) is 0 Å². The van der Waals surface area contributed by atoms with Gasteiger partial charge in [-0.1, -0.05) is 18.2 Å². The number of para-hydroxylation sites is 1. The Kier molecular flexibility index (Phi) is 6.01. The van der Waals surface area contributed by atoms with Crippen LogP contribution >= 0.6 is 12.4 Å². The van der Waals surface area contributed by atoms with E-state index in [9.17, 15) is 9.90 Å². The number of halogens is 1. The summed E-state index contributed by atoms with van der Waals surface area (Å²) in [5.74, 6) is 0.00587. The maximum absolute atomic E-state index is 12.9. The van der Waals surface area contributed by atoms with Gasteiger partial charge in [-0.3, -0.25) is 9.78 Å². The molecule has 1 amide bonds. The van der Waals surface area contributed by atoms with Crippen molar-refractivity contribution >= 4 is 29.2 Å². The average Bonchev–Trinajstić information content (AvgIpc) is 2.70. The van der Waals surface area contributed by atoms with E-state index in [4.69, 9.17) is 10.5 Å². The zero-order chi connectivity index (χ0) is 18.1. The highest BCUT2D eigenvalue weighted by Crippen LogP contribution is 2.51. The molecule has 2 heterocycles. The average molecular weight is 392 g/mol. The number of pyridine rings is 1. The third-order valence-electron chi connectivity index (χ3n) is 6.00. The van der Waals surface area contributed by atoms with E-state index in [1.807, 2.05) is 35.2 Å². The molecule has 3 N–H and O–H groups in total. The van der Waals surface area contributed by atoms with Crippen LogP contribution in [0.1, 0.15) is 29.6 Å². The topological polar surface area (TPSA) is 88.7 Å². The van der Waals surface area contributed by atoms with Crippen molar-refractivity contribution in [2.24, 2.45) is 11.1 Å². The fourth-order valence-corrected chi connectivity index (χ4v) is 4.32. The van der Waals surface area contributed by atoms with E-state index in [1.165, 1.54) is 0 Å². The molecule has 2 aliphatic rings. The highest BCUT2D eigenvalue weighted by atomic mass is 35.5. The summed E-state index contributed by atoms with van der Waals surface area (Å²) in [6.45, 7) is 2.27. The van der Waals surface area contributed by atoms with Crippen LogP contribution in [0, 0.1) is 5.41 Å². The van der Waals surface area contributed by atoms with Gasteiger partial charge in [-0.15, -0.1) is 12.4 Å². The van der Waals surface area contributed by atoms with Gasteiger partial charge >= 0.3 is 0 Å². The molecule has 1 aliphatic heterocycles. The molecule has 1 aromatic heterocycles. The first kappa shape index (κ1) is 20.0. The summed E-state index contributed by atoms with van der Waals surface area (Å²) < 4.78 is 5.82. The molecule has 146 valence electrons. The van der Waals surface area contributed by atoms with Crippen LogP contribution in [-0.2, 0) is 4.74 Å². The molecule has 0 bridgehead atoms. The summed E-state index contributed by atoms with van der Waals surface area (Å²) in [5, 5.41) is 11.3. The second-order valence-corrected chi connectivity index (χ2v) is 7.34. The van der Waals surface area contributed by atoms with Crippen LogP contribution in [0.4, 0.5) is 0 Å². The highest BCUT2D eigenvalue weighted by Gasteiger charge is 2.56. The third kappa shape index (κ3) is 3.55. The minimum absolute atomic E-state index is 0. The number of carbonyl (C=O) groups excluding carboxylic acids is 1. The summed E-state index contributed by atoms with van der Waals surface area (Å²) in [7, 11) is 0. The predicted molar refractivity (Wildman–Crippen MR) is 106 cm³/mol. The number of likely N-dealkylation sites (tertiary alicyclic amines) is 1. The van der Waals surface area contributed by atoms with E-state index in [-0.39, 0.29) is 35.9 Å². The SMILES string of the molecule is Cl.NCCO[C@H]1C[C@@H](O)C12CCN(C(=O)c1cnc3ccccc3c1)CC2. The normalized spacial score (nSPS) is 23.7. The zero-order valence-electron chi connectivity index (χ0n) is 15.2. The molecule has 0 radical (unpaired) electrons. The predicted octanol–water partition coefficient (Wildman–Crippen LogP) is 1.99. The van der Waals surface area contributed by atoms with Crippen LogP contribution < -0.4 is 5.73 Å². The second kappa shape index (κ2) is 8.10. The first-order chi connectivity index (χ1) is 12.6. The Morgan fingerprint density at radius 1 is 1.33 bits per heavy atom. The minimum atomic E-state index is -0.343. The van der Waals surface area contributed by atoms with Crippen molar-refractivity contribution in [3.05, 3.63) is 42.1 Å². The number of nitrogens with two attached hydrogens (primary N) is 1. The molecule has 1 aliphatic carbocycles. The van der Waals surface area contributed by atoms with Crippen LogP contribution in [0.15, 0.2) is 36.5 Å². The number of amides is 1. The van der Waals surface area contributed by atoms with Crippen molar-refractivity contribution < 1.29 is 14.6 Å². The summed E-state index contributed by atoms with van der Waals surface area (Å²) in [4.78, 5) is 19.1. The lowest BCUT2D eigenvalue weighted by Crippen LogP contribution is -2.62. The number of hydrogen-bond acceptors (Lipinski definition) is 5. The number of aromatic nitrogens is 1. The number of fused-ring (bicyclic) bond motifs is 1. The number of nitrogens with zero attached hydrogens (tertiary/aromatic N) is 2. The summed E-state index contributed by atoms with van der Waals surface area (Å²) in [6.07, 6.45) is 3.56. The van der Waals surface area contributed by atoms with Gasteiger partial charge in [0.25, 0.3) is 5.91 Å². The molecular formula is C20H26ClN3O3.